The number of carbonyl (C=O) groups is 2. The van der Waals surface area contributed by atoms with E-state index in [1.165, 1.54) is 17.0 Å². The second kappa shape index (κ2) is 8.09. The van der Waals surface area contributed by atoms with Gasteiger partial charge in [-0.25, -0.2) is 0 Å². The van der Waals surface area contributed by atoms with E-state index in [9.17, 15) is 19.8 Å². The fraction of sp³-hybridized carbons (Fsp3) is 0.217. The van der Waals surface area contributed by atoms with Gasteiger partial charge in [-0.2, -0.15) is 0 Å². The minimum absolute atomic E-state index is 0.00438. The van der Waals surface area contributed by atoms with Crippen molar-refractivity contribution < 1.29 is 19.8 Å². The minimum Gasteiger partial charge on any atom is -0.507 e. The van der Waals surface area contributed by atoms with Crippen LogP contribution in [0.1, 0.15) is 17.2 Å². The Morgan fingerprint density at radius 1 is 1.19 bits per heavy atom. The van der Waals surface area contributed by atoms with Crippen molar-refractivity contribution in [3.05, 3.63) is 70.4 Å². The molecule has 0 bridgehead atoms. The number of rotatable bonds is 5. The third-order valence-electron chi connectivity index (χ3n) is 5.46. The van der Waals surface area contributed by atoms with Crippen LogP contribution in [0.2, 0.25) is 5.02 Å². The van der Waals surface area contributed by atoms with Crippen LogP contribution in [-0.4, -0.2) is 63.9 Å². The Morgan fingerprint density at radius 3 is 2.65 bits per heavy atom. The summed E-state index contributed by atoms with van der Waals surface area (Å²) < 4.78 is 0. The number of para-hydroxylation sites is 1. The average Bonchev–Trinajstić information content (AvgIpc) is 3.28. The highest BCUT2D eigenvalue weighted by Gasteiger charge is 2.46. The van der Waals surface area contributed by atoms with Crippen molar-refractivity contribution in [3.63, 3.8) is 0 Å². The number of hydrogen-bond donors (Lipinski definition) is 3. The summed E-state index contributed by atoms with van der Waals surface area (Å²) in [5.74, 6) is -1.79. The zero-order valence-corrected chi connectivity index (χ0v) is 17.8. The number of Topliss-reactive ketones (excluding diaryl/α,β-unsaturated/α-hetero) is 1. The number of fused-ring (bicyclic) bond motifs is 1. The number of phenolic OH excluding ortho intramolecular Hbond substituents is 1. The molecule has 1 aliphatic heterocycles. The monoisotopic (exact) mass is 439 g/mol. The highest BCUT2D eigenvalue weighted by molar-refractivity contribution is 6.46. The van der Waals surface area contributed by atoms with Crippen molar-refractivity contribution in [2.24, 2.45) is 0 Å². The van der Waals surface area contributed by atoms with Gasteiger partial charge in [0.1, 0.15) is 11.5 Å². The van der Waals surface area contributed by atoms with E-state index >= 15 is 0 Å². The number of benzene rings is 2. The Balaban J connectivity index is 1.91. The number of aromatic amines is 1. The molecule has 3 N–H and O–H groups in total. The van der Waals surface area contributed by atoms with E-state index in [2.05, 4.69) is 4.98 Å². The largest absolute Gasteiger partial charge is 0.507 e. The lowest BCUT2D eigenvalue weighted by molar-refractivity contribution is -0.140. The first kappa shape index (κ1) is 21.0. The van der Waals surface area contributed by atoms with Gasteiger partial charge in [0, 0.05) is 35.8 Å². The van der Waals surface area contributed by atoms with E-state index in [0.717, 1.165) is 10.9 Å². The van der Waals surface area contributed by atoms with Gasteiger partial charge in [-0.05, 0) is 37.9 Å². The number of carbonyl (C=O) groups excluding carboxylic acids is 2. The van der Waals surface area contributed by atoms with E-state index in [4.69, 9.17) is 11.6 Å². The maximum atomic E-state index is 13.1. The number of nitrogens with one attached hydrogen (secondary N) is 1. The summed E-state index contributed by atoms with van der Waals surface area (Å²) in [6.45, 7) is 0.813. The highest BCUT2D eigenvalue weighted by atomic mass is 35.5. The number of likely N-dealkylation sites (N-methyl/N-ethyl adjacent to an activating group) is 1. The van der Waals surface area contributed by atoms with E-state index in [1.807, 2.05) is 43.3 Å². The Hall–Kier alpha value is -3.29. The molecule has 1 saturated heterocycles. The van der Waals surface area contributed by atoms with Crippen LogP contribution < -0.4 is 0 Å². The molecule has 1 amide bonds. The second-order valence-corrected chi connectivity index (χ2v) is 8.16. The van der Waals surface area contributed by atoms with Crippen LogP contribution >= 0.6 is 11.6 Å². The Kier molecular flexibility index (Phi) is 5.47. The number of H-pyrrole nitrogens is 1. The van der Waals surface area contributed by atoms with E-state index in [-0.39, 0.29) is 28.6 Å². The van der Waals surface area contributed by atoms with Gasteiger partial charge in [-0.1, -0.05) is 35.9 Å². The number of aromatic nitrogens is 1. The molecule has 7 nitrogen and oxygen atoms in total. The number of nitrogens with zero attached hydrogens (tertiary/aromatic N) is 2. The average molecular weight is 440 g/mol. The lowest BCUT2D eigenvalue weighted by Gasteiger charge is -2.26. The lowest BCUT2D eigenvalue weighted by Crippen LogP contribution is -2.35. The molecule has 0 saturated carbocycles. The number of phenols is 1. The standard InChI is InChI=1S/C23H22ClN3O4/c1-26(2)9-10-27-20(13-7-8-18(28)16(24)11-13)19(22(30)23(27)31)21(29)15-12-25-17-6-4-3-5-14(15)17/h3-8,11-12,20,25,28-29H,9-10H2,1-2H3/b21-19-. The fourth-order valence-electron chi connectivity index (χ4n) is 3.87. The van der Waals surface area contributed by atoms with Gasteiger partial charge in [0.2, 0.25) is 0 Å². The summed E-state index contributed by atoms with van der Waals surface area (Å²) in [4.78, 5) is 32.4. The number of ketones is 1. The van der Waals surface area contributed by atoms with Crippen molar-refractivity contribution in [1.29, 1.82) is 0 Å². The third-order valence-corrected chi connectivity index (χ3v) is 5.76. The van der Waals surface area contributed by atoms with Crippen molar-refractivity contribution in [1.82, 2.24) is 14.8 Å². The van der Waals surface area contributed by atoms with Crippen molar-refractivity contribution in [2.45, 2.75) is 6.04 Å². The number of hydrogen-bond acceptors (Lipinski definition) is 5. The normalized spacial score (nSPS) is 18.5. The minimum atomic E-state index is -0.827. The van der Waals surface area contributed by atoms with Crippen molar-refractivity contribution in [3.8, 4) is 5.75 Å². The molecule has 0 aliphatic carbocycles. The molecular formula is C23H22ClN3O4. The van der Waals surface area contributed by atoms with E-state index < -0.39 is 17.7 Å². The molecule has 0 radical (unpaired) electrons. The van der Waals surface area contributed by atoms with Gasteiger partial charge in [-0.15, -0.1) is 0 Å². The topological polar surface area (TPSA) is 96.9 Å². The van der Waals surface area contributed by atoms with Crippen LogP contribution in [0, 0.1) is 0 Å². The van der Waals surface area contributed by atoms with Crippen LogP contribution in [-0.2, 0) is 9.59 Å². The van der Waals surface area contributed by atoms with Gasteiger partial charge in [0.25, 0.3) is 11.7 Å². The van der Waals surface area contributed by atoms with Crippen LogP contribution in [0.25, 0.3) is 16.7 Å². The molecule has 1 atom stereocenters. The molecule has 1 unspecified atom stereocenters. The number of aliphatic hydroxyl groups is 1. The molecule has 160 valence electrons. The summed E-state index contributed by atoms with van der Waals surface area (Å²) in [6, 6.07) is 11.1. The molecule has 1 aromatic heterocycles. The predicted octanol–water partition coefficient (Wildman–Crippen LogP) is 3.51. The molecular weight excluding hydrogens is 418 g/mol. The van der Waals surface area contributed by atoms with Crippen molar-refractivity contribution >= 4 is 40.0 Å². The summed E-state index contributed by atoms with van der Waals surface area (Å²) in [5.41, 5.74) is 1.77. The number of aromatic hydroxyl groups is 1. The summed E-state index contributed by atoms with van der Waals surface area (Å²) >= 11 is 6.12. The number of amides is 1. The quantitative estimate of drug-likeness (QED) is 0.321. The van der Waals surface area contributed by atoms with Gasteiger partial charge >= 0.3 is 0 Å². The van der Waals surface area contributed by atoms with E-state index in [1.54, 1.807) is 12.3 Å². The van der Waals surface area contributed by atoms with Crippen molar-refractivity contribution in [2.75, 3.05) is 27.2 Å². The first-order chi connectivity index (χ1) is 14.8. The SMILES string of the molecule is CN(C)CCN1C(=O)C(=O)/C(=C(\O)c2c[nH]c3ccccc23)C1c1ccc(O)c(Cl)c1. The van der Waals surface area contributed by atoms with Gasteiger partial charge < -0.3 is 25.0 Å². The van der Waals surface area contributed by atoms with Gasteiger partial charge in [-0.3, -0.25) is 9.59 Å². The summed E-state index contributed by atoms with van der Waals surface area (Å²) in [7, 11) is 3.74. The van der Waals surface area contributed by atoms with Crippen LogP contribution in [0.15, 0.2) is 54.2 Å². The van der Waals surface area contributed by atoms with Crippen LogP contribution in [0.3, 0.4) is 0 Å². The highest BCUT2D eigenvalue weighted by Crippen LogP contribution is 2.41. The molecule has 2 aromatic carbocycles. The Labute approximate surface area is 184 Å². The van der Waals surface area contributed by atoms with Gasteiger partial charge in [0.15, 0.2) is 0 Å². The number of likely N-dealkylation sites (tertiary alicyclic amines) is 1. The molecule has 1 aliphatic rings. The predicted molar refractivity (Wildman–Crippen MR) is 119 cm³/mol. The molecule has 1 fully saturated rings. The third kappa shape index (κ3) is 3.66. The first-order valence-electron chi connectivity index (χ1n) is 9.77. The van der Waals surface area contributed by atoms with E-state index in [0.29, 0.717) is 17.7 Å². The molecule has 3 aromatic rings. The van der Waals surface area contributed by atoms with Gasteiger partial charge in [0.05, 0.1) is 16.6 Å². The smallest absolute Gasteiger partial charge is 0.295 e. The molecule has 8 heteroatoms. The fourth-order valence-corrected chi connectivity index (χ4v) is 4.06. The molecule has 2 heterocycles. The molecule has 31 heavy (non-hydrogen) atoms. The Morgan fingerprint density at radius 2 is 1.94 bits per heavy atom. The number of halogens is 1. The summed E-state index contributed by atoms with van der Waals surface area (Å²) in [5, 5.41) is 21.9. The van der Waals surface area contributed by atoms with Crippen LogP contribution in [0.4, 0.5) is 0 Å². The maximum absolute atomic E-state index is 13.1. The zero-order valence-electron chi connectivity index (χ0n) is 17.1. The first-order valence-corrected chi connectivity index (χ1v) is 10.2. The molecule has 0 spiro atoms. The Bertz CT molecular complexity index is 1210. The molecule has 4 rings (SSSR count). The maximum Gasteiger partial charge on any atom is 0.295 e. The van der Waals surface area contributed by atoms with Crippen LogP contribution in [0.5, 0.6) is 5.75 Å². The second-order valence-electron chi connectivity index (χ2n) is 7.75. The summed E-state index contributed by atoms with van der Waals surface area (Å²) in [6.07, 6.45) is 1.62. The number of aliphatic hydroxyl groups excluding tert-OH is 1. The lowest BCUT2D eigenvalue weighted by atomic mass is 9.95. The zero-order chi connectivity index (χ0) is 22.3.